The van der Waals surface area contributed by atoms with Crippen LogP contribution in [0.2, 0.25) is 0 Å². The number of likely N-dealkylation sites (N-methyl/N-ethyl adjacent to an activating group) is 1. The van der Waals surface area contributed by atoms with Gasteiger partial charge in [-0.25, -0.2) is 4.98 Å². The molecule has 6 nitrogen and oxygen atoms in total. The maximum Gasteiger partial charge on any atom is 0.193 e. The standard InChI is InChI=1S/C20H34N6.HI/c1-5-24-10-12-25(13-11-24)18-7-6-17(14-22-18)15-23-19(21-4)26-9-8-20(2,3)16-26;/h6-7,14H,5,8-13,15-16H2,1-4H3,(H,21,23);1H. The van der Waals surface area contributed by atoms with Crippen molar-refractivity contribution in [2.24, 2.45) is 10.4 Å². The van der Waals surface area contributed by atoms with E-state index in [1.165, 1.54) is 12.0 Å². The molecular weight excluding hydrogens is 451 g/mol. The van der Waals surface area contributed by atoms with E-state index in [1.54, 1.807) is 0 Å². The number of aromatic nitrogens is 1. The van der Waals surface area contributed by atoms with Crippen LogP contribution in [0.25, 0.3) is 0 Å². The Morgan fingerprint density at radius 3 is 2.44 bits per heavy atom. The number of nitrogens with one attached hydrogen (secondary N) is 1. The van der Waals surface area contributed by atoms with E-state index in [1.807, 2.05) is 13.2 Å². The molecule has 27 heavy (non-hydrogen) atoms. The highest BCUT2D eigenvalue weighted by molar-refractivity contribution is 14.0. The van der Waals surface area contributed by atoms with E-state index in [-0.39, 0.29) is 24.0 Å². The Kier molecular flexibility index (Phi) is 8.15. The molecule has 0 atom stereocenters. The van der Waals surface area contributed by atoms with Crippen LogP contribution in [0.3, 0.4) is 0 Å². The summed E-state index contributed by atoms with van der Waals surface area (Å²) in [6, 6.07) is 4.34. The van der Waals surface area contributed by atoms with Gasteiger partial charge >= 0.3 is 0 Å². The van der Waals surface area contributed by atoms with Crippen LogP contribution >= 0.6 is 24.0 Å². The van der Waals surface area contributed by atoms with Crippen LogP contribution in [0.15, 0.2) is 23.3 Å². The summed E-state index contributed by atoms with van der Waals surface area (Å²) in [5, 5.41) is 3.49. The van der Waals surface area contributed by atoms with Crippen LogP contribution in [0, 0.1) is 5.41 Å². The van der Waals surface area contributed by atoms with Crippen molar-refractivity contribution in [3.05, 3.63) is 23.9 Å². The predicted octanol–water partition coefficient (Wildman–Crippen LogP) is 2.65. The number of rotatable bonds is 4. The SMILES string of the molecule is CCN1CCN(c2ccc(CNC(=NC)N3CCC(C)(C)C3)cn2)CC1.I. The largest absolute Gasteiger partial charge is 0.354 e. The number of halogens is 1. The molecule has 1 aromatic heterocycles. The van der Waals surface area contributed by atoms with Gasteiger partial charge in [0, 0.05) is 59.1 Å². The lowest BCUT2D eigenvalue weighted by Crippen LogP contribution is -2.46. The molecule has 2 aliphatic rings. The lowest BCUT2D eigenvalue weighted by Gasteiger charge is -2.34. The minimum absolute atomic E-state index is 0. The zero-order valence-electron chi connectivity index (χ0n) is 17.2. The molecule has 3 rings (SSSR count). The van der Waals surface area contributed by atoms with Crippen LogP contribution in [-0.2, 0) is 6.54 Å². The number of guanidine groups is 1. The van der Waals surface area contributed by atoms with Gasteiger partial charge in [-0.1, -0.05) is 26.8 Å². The minimum Gasteiger partial charge on any atom is -0.354 e. The van der Waals surface area contributed by atoms with Crippen molar-refractivity contribution in [2.75, 3.05) is 57.8 Å². The molecular formula is C20H35IN6. The van der Waals surface area contributed by atoms with E-state index in [9.17, 15) is 0 Å². The van der Waals surface area contributed by atoms with E-state index < -0.39 is 0 Å². The Bertz CT molecular complexity index is 607. The number of anilines is 1. The van der Waals surface area contributed by atoms with E-state index in [2.05, 4.69) is 57.9 Å². The topological polar surface area (TPSA) is 47.0 Å². The summed E-state index contributed by atoms with van der Waals surface area (Å²) in [4.78, 5) is 16.4. The van der Waals surface area contributed by atoms with Crippen LogP contribution in [0.5, 0.6) is 0 Å². The predicted molar refractivity (Wildman–Crippen MR) is 124 cm³/mol. The lowest BCUT2D eigenvalue weighted by molar-refractivity contribution is 0.270. The summed E-state index contributed by atoms with van der Waals surface area (Å²) >= 11 is 0. The number of hydrogen-bond acceptors (Lipinski definition) is 4. The van der Waals surface area contributed by atoms with Gasteiger partial charge in [0.1, 0.15) is 5.82 Å². The number of hydrogen-bond donors (Lipinski definition) is 1. The minimum atomic E-state index is 0. The average molecular weight is 486 g/mol. The van der Waals surface area contributed by atoms with E-state index in [0.29, 0.717) is 5.41 Å². The van der Waals surface area contributed by atoms with Gasteiger partial charge in [-0.2, -0.15) is 0 Å². The molecule has 7 heteroatoms. The molecule has 0 amide bonds. The third-order valence-electron chi connectivity index (χ3n) is 5.59. The highest BCUT2D eigenvalue weighted by Crippen LogP contribution is 2.28. The van der Waals surface area contributed by atoms with Gasteiger partial charge in [-0.15, -0.1) is 24.0 Å². The lowest BCUT2D eigenvalue weighted by atomic mass is 9.93. The van der Waals surface area contributed by atoms with E-state index in [4.69, 9.17) is 4.98 Å². The molecule has 0 spiro atoms. The molecule has 2 fully saturated rings. The van der Waals surface area contributed by atoms with Crippen molar-refractivity contribution in [1.82, 2.24) is 20.1 Å². The molecule has 0 aliphatic carbocycles. The summed E-state index contributed by atoms with van der Waals surface area (Å²) in [5.74, 6) is 2.09. The summed E-state index contributed by atoms with van der Waals surface area (Å²) < 4.78 is 0. The van der Waals surface area contributed by atoms with Gasteiger partial charge in [-0.05, 0) is 30.0 Å². The van der Waals surface area contributed by atoms with Gasteiger partial charge in [0.05, 0.1) is 0 Å². The zero-order chi connectivity index (χ0) is 18.6. The van der Waals surface area contributed by atoms with Crippen molar-refractivity contribution in [3.8, 4) is 0 Å². The molecule has 2 aliphatic heterocycles. The zero-order valence-corrected chi connectivity index (χ0v) is 19.6. The fourth-order valence-corrected chi connectivity index (χ4v) is 3.81. The molecule has 0 bridgehead atoms. The van der Waals surface area contributed by atoms with Crippen molar-refractivity contribution in [2.45, 2.75) is 33.7 Å². The second-order valence-corrected chi connectivity index (χ2v) is 8.18. The van der Waals surface area contributed by atoms with Gasteiger partial charge in [-0.3, -0.25) is 4.99 Å². The molecule has 0 radical (unpaired) electrons. The third kappa shape index (κ3) is 5.94. The van der Waals surface area contributed by atoms with Gasteiger partial charge in [0.25, 0.3) is 0 Å². The number of pyridine rings is 1. The van der Waals surface area contributed by atoms with Crippen LogP contribution in [0.1, 0.15) is 32.8 Å². The molecule has 1 aromatic rings. The van der Waals surface area contributed by atoms with Gasteiger partial charge in [0.15, 0.2) is 5.96 Å². The fourth-order valence-electron chi connectivity index (χ4n) is 3.81. The Morgan fingerprint density at radius 2 is 1.93 bits per heavy atom. The Hall–Kier alpha value is -1.09. The quantitative estimate of drug-likeness (QED) is 0.403. The summed E-state index contributed by atoms with van der Waals surface area (Å²) in [6.45, 7) is 15.3. The second kappa shape index (κ2) is 9.91. The van der Waals surface area contributed by atoms with Crippen LogP contribution < -0.4 is 10.2 Å². The molecule has 3 heterocycles. The maximum absolute atomic E-state index is 4.69. The number of likely N-dealkylation sites (tertiary alicyclic amines) is 1. The summed E-state index contributed by atoms with van der Waals surface area (Å²) in [7, 11) is 1.87. The Balaban J connectivity index is 0.00000261. The number of piperazine rings is 1. The second-order valence-electron chi connectivity index (χ2n) is 8.18. The molecule has 0 aromatic carbocycles. The smallest absolute Gasteiger partial charge is 0.193 e. The van der Waals surface area contributed by atoms with Gasteiger partial charge in [0.2, 0.25) is 0 Å². The molecule has 0 unspecified atom stereocenters. The fraction of sp³-hybridized carbons (Fsp3) is 0.700. The monoisotopic (exact) mass is 486 g/mol. The van der Waals surface area contributed by atoms with Crippen molar-refractivity contribution < 1.29 is 0 Å². The van der Waals surface area contributed by atoms with Gasteiger partial charge < -0.3 is 20.0 Å². The van der Waals surface area contributed by atoms with E-state index >= 15 is 0 Å². The van der Waals surface area contributed by atoms with Crippen molar-refractivity contribution in [3.63, 3.8) is 0 Å². The van der Waals surface area contributed by atoms with Crippen LogP contribution in [0.4, 0.5) is 5.82 Å². The van der Waals surface area contributed by atoms with Crippen LogP contribution in [-0.4, -0.2) is 73.6 Å². The first-order valence-corrected chi connectivity index (χ1v) is 9.88. The Labute approximate surface area is 181 Å². The normalized spacial score (nSPS) is 20.5. The highest BCUT2D eigenvalue weighted by atomic mass is 127. The molecule has 0 saturated carbocycles. The average Bonchev–Trinajstić information content (AvgIpc) is 3.02. The van der Waals surface area contributed by atoms with E-state index in [0.717, 1.165) is 64.1 Å². The highest BCUT2D eigenvalue weighted by Gasteiger charge is 2.30. The molecule has 2 saturated heterocycles. The Morgan fingerprint density at radius 1 is 1.19 bits per heavy atom. The first kappa shape index (κ1) is 22.2. The van der Waals surface area contributed by atoms with Crippen molar-refractivity contribution >= 4 is 35.8 Å². The van der Waals surface area contributed by atoms with Crippen molar-refractivity contribution in [1.29, 1.82) is 0 Å². The third-order valence-corrected chi connectivity index (χ3v) is 5.59. The molecule has 1 N–H and O–H groups in total. The summed E-state index contributed by atoms with van der Waals surface area (Å²) in [6.07, 6.45) is 3.21. The maximum atomic E-state index is 4.69. The number of aliphatic imine (C=N–C) groups is 1. The molecule has 152 valence electrons. The summed E-state index contributed by atoms with van der Waals surface area (Å²) in [5.41, 5.74) is 1.57. The number of nitrogens with zero attached hydrogens (tertiary/aromatic N) is 5. The first-order valence-electron chi connectivity index (χ1n) is 9.88. The first-order chi connectivity index (χ1) is 12.5.